The highest BCUT2D eigenvalue weighted by molar-refractivity contribution is 6.05. The van der Waals surface area contributed by atoms with Gasteiger partial charge >= 0.3 is 0 Å². The zero-order valence-corrected chi connectivity index (χ0v) is 9.87. The summed E-state index contributed by atoms with van der Waals surface area (Å²) in [5, 5.41) is 8.29. The normalized spacial score (nSPS) is 11.2. The smallest absolute Gasteiger partial charge is 0.206 e. The van der Waals surface area contributed by atoms with Crippen molar-refractivity contribution >= 4 is 11.9 Å². The first-order chi connectivity index (χ1) is 8.19. The van der Waals surface area contributed by atoms with E-state index >= 15 is 0 Å². The number of carbonyl (C=O) groups is 1. The molecule has 2 rings (SSSR count). The lowest BCUT2D eigenvalue weighted by atomic mass is 10.2. The summed E-state index contributed by atoms with van der Waals surface area (Å²) in [5.41, 5.74) is 1.22. The van der Waals surface area contributed by atoms with Crippen molar-refractivity contribution in [2.75, 3.05) is 0 Å². The molecule has 0 aliphatic carbocycles. The molecule has 0 aliphatic heterocycles. The molecule has 0 amide bonds. The van der Waals surface area contributed by atoms with Gasteiger partial charge in [0, 0.05) is 26.0 Å². The van der Waals surface area contributed by atoms with Gasteiger partial charge in [0.05, 0.1) is 5.69 Å². The van der Waals surface area contributed by atoms with Crippen LogP contribution in [-0.2, 0) is 13.6 Å². The Morgan fingerprint density at radius 1 is 1.35 bits per heavy atom. The van der Waals surface area contributed by atoms with Gasteiger partial charge in [0.1, 0.15) is 5.69 Å². The van der Waals surface area contributed by atoms with E-state index in [0.717, 1.165) is 12.2 Å². The van der Waals surface area contributed by atoms with Crippen LogP contribution in [0.4, 0.5) is 0 Å². The zero-order valence-electron chi connectivity index (χ0n) is 9.87. The molecule has 0 saturated heterocycles. The summed E-state index contributed by atoms with van der Waals surface area (Å²) < 4.78 is 3.41. The van der Waals surface area contributed by atoms with Crippen LogP contribution < -0.4 is 0 Å². The lowest BCUT2D eigenvalue weighted by Crippen LogP contribution is -1.98. The molecule has 0 saturated carbocycles. The van der Waals surface area contributed by atoms with Crippen LogP contribution in [-0.4, -0.2) is 25.3 Å². The summed E-state index contributed by atoms with van der Waals surface area (Å²) in [6.45, 7) is 2.83. The Morgan fingerprint density at radius 2 is 2.18 bits per heavy atom. The van der Waals surface area contributed by atoms with Crippen molar-refractivity contribution in [3.63, 3.8) is 0 Å². The quantitative estimate of drug-likeness (QED) is 0.591. The fraction of sp³-hybridized carbons (Fsp3) is 0.250. The molecule has 2 aromatic rings. The first kappa shape index (κ1) is 11.3. The average molecular weight is 230 g/mol. The first-order valence-electron chi connectivity index (χ1n) is 5.44. The second-order valence-electron chi connectivity index (χ2n) is 3.67. The lowest BCUT2D eigenvalue weighted by Gasteiger charge is -1.90. The van der Waals surface area contributed by atoms with Gasteiger partial charge in [-0.2, -0.15) is 10.2 Å². The number of rotatable bonds is 4. The maximum Gasteiger partial charge on any atom is 0.206 e. The van der Waals surface area contributed by atoms with Gasteiger partial charge in [-0.15, -0.1) is 0 Å². The molecule has 0 bridgehead atoms. The molecular weight excluding hydrogens is 216 g/mol. The monoisotopic (exact) mass is 230 g/mol. The molecule has 0 radical (unpaired) electrons. The van der Waals surface area contributed by atoms with Crippen molar-refractivity contribution in [3.8, 4) is 0 Å². The molecule has 88 valence electrons. The van der Waals surface area contributed by atoms with Crippen LogP contribution in [0.2, 0.25) is 0 Å². The van der Waals surface area contributed by atoms with Crippen molar-refractivity contribution in [1.29, 1.82) is 0 Å². The molecule has 0 aromatic carbocycles. The maximum atomic E-state index is 11.7. The Morgan fingerprint density at radius 3 is 2.76 bits per heavy atom. The molecule has 17 heavy (non-hydrogen) atoms. The summed E-state index contributed by atoms with van der Waals surface area (Å²) in [6, 6.07) is 3.56. The molecule has 0 spiro atoms. The van der Waals surface area contributed by atoms with E-state index in [1.54, 1.807) is 30.1 Å². The number of nitrogens with zero attached hydrogens (tertiary/aromatic N) is 4. The van der Waals surface area contributed by atoms with E-state index in [2.05, 4.69) is 10.2 Å². The summed E-state index contributed by atoms with van der Waals surface area (Å²) in [7, 11) is 1.78. The average Bonchev–Trinajstić information content (AvgIpc) is 2.94. The van der Waals surface area contributed by atoms with Crippen molar-refractivity contribution in [1.82, 2.24) is 19.6 Å². The van der Waals surface area contributed by atoms with Crippen molar-refractivity contribution in [2.45, 2.75) is 13.5 Å². The largest absolute Gasteiger partial charge is 0.287 e. The third-order valence-corrected chi connectivity index (χ3v) is 2.36. The van der Waals surface area contributed by atoms with Gasteiger partial charge in [0.2, 0.25) is 5.78 Å². The van der Waals surface area contributed by atoms with E-state index < -0.39 is 0 Å². The number of hydrogen-bond acceptors (Lipinski definition) is 3. The Hall–Kier alpha value is -2.17. The fourth-order valence-electron chi connectivity index (χ4n) is 1.44. The number of aryl methyl sites for hydroxylation is 2. The minimum Gasteiger partial charge on any atom is -0.287 e. The van der Waals surface area contributed by atoms with E-state index in [4.69, 9.17) is 0 Å². The number of hydrogen-bond donors (Lipinski definition) is 0. The highest BCUT2D eigenvalue weighted by Gasteiger charge is 2.04. The van der Waals surface area contributed by atoms with E-state index in [-0.39, 0.29) is 5.78 Å². The van der Waals surface area contributed by atoms with E-state index in [9.17, 15) is 4.79 Å². The molecule has 0 fully saturated rings. The molecule has 0 N–H and O–H groups in total. The summed E-state index contributed by atoms with van der Waals surface area (Å²) in [4.78, 5) is 11.7. The SMILES string of the molecule is CCn1ccc(/C=C/C(=O)c2ccn(C)n2)n1. The molecule has 0 aliphatic rings. The van der Waals surface area contributed by atoms with Crippen molar-refractivity contribution < 1.29 is 4.79 Å². The topological polar surface area (TPSA) is 52.7 Å². The zero-order chi connectivity index (χ0) is 12.3. The van der Waals surface area contributed by atoms with Crippen molar-refractivity contribution in [3.05, 3.63) is 42.0 Å². The lowest BCUT2D eigenvalue weighted by molar-refractivity contribution is 0.104. The van der Waals surface area contributed by atoms with Gasteiger partial charge in [-0.1, -0.05) is 0 Å². The molecule has 5 nitrogen and oxygen atoms in total. The summed E-state index contributed by atoms with van der Waals surface area (Å²) >= 11 is 0. The number of allylic oxidation sites excluding steroid dienone is 1. The van der Waals surface area contributed by atoms with Crippen molar-refractivity contribution in [2.24, 2.45) is 7.05 Å². The Bertz CT molecular complexity index is 550. The van der Waals surface area contributed by atoms with Crippen LogP contribution in [0.3, 0.4) is 0 Å². The number of carbonyl (C=O) groups excluding carboxylic acids is 1. The molecular formula is C12H14N4O. The highest BCUT2D eigenvalue weighted by atomic mass is 16.1. The maximum absolute atomic E-state index is 11.7. The third kappa shape index (κ3) is 2.69. The van der Waals surface area contributed by atoms with Crippen LogP contribution in [0.25, 0.3) is 6.08 Å². The van der Waals surface area contributed by atoms with E-state index in [0.29, 0.717) is 5.69 Å². The predicted molar refractivity (Wildman–Crippen MR) is 64.5 cm³/mol. The predicted octanol–water partition coefficient (Wildman–Crippen LogP) is 1.53. The van der Waals surface area contributed by atoms with Gasteiger partial charge in [-0.05, 0) is 31.2 Å². The molecule has 0 unspecified atom stereocenters. The molecule has 5 heteroatoms. The Labute approximate surface area is 99.4 Å². The summed E-state index contributed by atoms with van der Waals surface area (Å²) in [6.07, 6.45) is 6.81. The Kier molecular flexibility index (Phi) is 3.18. The molecule has 2 aromatic heterocycles. The van der Waals surface area contributed by atoms with Gasteiger partial charge in [0.15, 0.2) is 0 Å². The van der Waals surface area contributed by atoms with Crippen LogP contribution in [0, 0.1) is 0 Å². The van der Waals surface area contributed by atoms with Gasteiger partial charge in [-0.3, -0.25) is 14.2 Å². The minimum absolute atomic E-state index is 0.114. The third-order valence-electron chi connectivity index (χ3n) is 2.36. The number of aromatic nitrogens is 4. The highest BCUT2D eigenvalue weighted by Crippen LogP contribution is 2.02. The van der Waals surface area contributed by atoms with Crippen LogP contribution in [0.1, 0.15) is 23.1 Å². The Balaban J connectivity index is 2.08. The first-order valence-corrected chi connectivity index (χ1v) is 5.44. The second kappa shape index (κ2) is 4.78. The van der Waals surface area contributed by atoms with Crippen LogP contribution in [0.5, 0.6) is 0 Å². The molecule has 0 atom stereocenters. The van der Waals surface area contributed by atoms with Crippen LogP contribution in [0.15, 0.2) is 30.6 Å². The van der Waals surface area contributed by atoms with E-state index in [1.807, 2.05) is 23.9 Å². The molecule has 2 heterocycles. The van der Waals surface area contributed by atoms with Gasteiger partial charge in [0.25, 0.3) is 0 Å². The van der Waals surface area contributed by atoms with Gasteiger partial charge in [-0.25, -0.2) is 0 Å². The minimum atomic E-state index is -0.114. The van der Waals surface area contributed by atoms with E-state index in [1.165, 1.54) is 6.08 Å². The standard InChI is InChI=1S/C12H14N4O/c1-3-16-9-6-10(13-16)4-5-12(17)11-7-8-15(2)14-11/h4-9H,3H2,1-2H3/b5-4+. The fourth-order valence-corrected chi connectivity index (χ4v) is 1.44. The van der Waals surface area contributed by atoms with Crippen LogP contribution >= 0.6 is 0 Å². The second-order valence-corrected chi connectivity index (χ2v) is 3.67. The summed E-state index contributed by atoms with van der Waals surface area (Å²) in [5.74, 6) is -0.114. The number of ketones is 1. The van der Waals surface area contributed by atoms with Gasteiger partial charge < -0.3 is 0 Å².